The fourth-order valence-corrected chi connectivity index (χ4v) is 1.78. The Morgan fingerprint density at radius 2 is 2.20 bits per heavy atom. The molecular formula is C15H19N3O2. The largest absolute Gasteiger partial charge is 0.483 e. The van der Waals surface area contributed by atoms with E-state index in [0.29, 0.717) is 19.0 Å². The van der Waals surface area contributed by atoms with Crippen LogP contribution in [0, 0.1) is 11.3 Å². The zero-order valence-corrected chi connectivity index (χ0v) is 11.4. The van der Waals surface area contributed by atoms with E-state index in [-0.39, 0.29) is 12.5 Å². The average molecular weight is 273 g/mol. The summed E-state index contributed by atoms with van der Waals surface area (Å²) in [7, 11) is 0. The van der Waals surface area contributed by atoms with Crippen molar-refractivity contribution in [3.63, 3.8) is 0 Å². The summed E-state index contributed by atoms with van der Waals surface area (Å²) >= 11 is 0. The third-order valence-electron chi connectivity index (χ3n) is 3.05. The van der Waals surface area contributed by atoms with Crippen LogP contribution in [0.25, 0.3) is 0 Å². The van der Waals surface area contributed by atoms with Crippen LogP contribution in [-0.4, -0.2) is 25.1 Å². The number of carbonyl (C=O) groups excluding carboxylic acids is 1. The first-order valence-corrected chi connectivity index (χ1v) is 6.87. The Labute approximate surface area is 118 Å². The topological polar surface area (TPSA) is 74.2 Å². The summed E-state index contributed by atoms with van der Waals surface area (Å²) in [6.45, 7) is 1.10. The summed E-state index contributed by atoms with van der Waals surface area (Å²) in [6, 6.07) is 10.3. The first-order valence-electron chi connectivity index (χ1n) is 6.87. The third kappa shape index (κ3) is 4.90. The fourth-order valence-electron chi connectivity index (χ4n) is 1.78. The Morgan fingerprint density at radius 1 is 1.40 bits per heavy atom. The second-order valence-electron chi connectivity index (χ2n) is 4.81. The van der Waals surface area contributed by atoms with Gasteiger partial charge in [-0.1, -0.05) is 18.2 Å². The van der Waals surface area contributed by atoms with Gasteiger partial charge in [-0.05, 0) is 18.9 Å². The number of benzene rings is 1. The van der Waals surface area contributed by atoms with Crippen molar-refractivity contribution in [2.75, 3.05) is 13.2 Å². The number of nitriles is 1. The van der Waals surface area contributed by atoms with Gasteiger partial charge < -0.3 is 15.4 Å². The first-order chi connectivity index (χ1) is 9.79. The van der Waals surface area contributed by atoms with Gasteiger partial charge in [-0.15, -0.1) is 0 Å². The van der Waals surface area contributed by atoms with Gasteiger partial charge in [0, 0.05) is 24.7 Å². The van der Waals surface area contributed by atoms with Crippen LogP contribution in [0.4, 0.5) is 0 Å². The molecule has 1 amide bonds. The second-order valence-corrected chi connectivity index (χ2v) is 4.81. The van der Waals surface area contributed by atoms with Crippen molar-refractivity contribution in [2.24, 2.45) is 0 Å². The van der Waals surface area contributed by atoms with E-state index < -0.39 is 0 Å². The highest BCUT2D eigenvalue weighted by atomic mass is 16.5. The number of hydrogen-bond donors (Lipinski definition) is 2. The van der Waals surface area contributed by atoms with Crippen molar-refractivity contribution >= 4 is 5.91 Å². The molecule has 1 aliphatic carbocycles. The zero-order valence-electron chi connectivity index (χ0n) is 11.4. The van der Waals surface area contributed by atoms with E-state index in [0.717, 1.165) is 17.9 Å². The van der Waals surface area contributed by atoms with Gasteiger partial charge >= 0.3 is 0 Å². The minimum Gasteiger partial charge on any atom is -0.483 e. The van der Waals surface area contributed by atoms with Gasteiger partial charge in [-0.2, -0.15) is 5.26 Å². The van der Waals surface area contributed by atoms with Crippen molar-refractivity contribution in [1.82, 2.24) is 10.6 Å². The van der Waals surface area contributed by atoms with Crippen molar-refractivity contribution < 1.29 is 9.53 Å². The quantitative estimate of drug-likeness (QED) is 0.701. The Hall–Kier alpha value is -2.06. The molecule has 2 N–H and O–H groups in total. The Bertz CT molecular complexity index is 492. The number of nitrogens with zero attached hydrogens (tertiary/aromatic N) is 1. The minimum absolute atomic E-state index is 0.0220. The summed E-state index contributed by atoms with van der Waals surface area (Å²) in [5.74, 6) is 0.529. The Balaban J connectivity index is 1.78. The van der Waals surface area contributed by atoms with Gasteiger partial charge in [0.05, 0.1) is 12.5 Å². The van der Waals surface area contributed by atoms with Crippen LogP contribution >= 0.6 is 0 Å². The molecule has 2 rings (SSSR count). The van der Waals surface area contributed by atoms with Crippen LogP contribution in [-0.2, 0) is 11.3 Å². The number of para-hydroxylation sites is 1. The summed E-state index contributed by atoms with van der Waals surface area (Å²) < 4.78 is 5.55. The summed E-state index contributed by atoms with van der Waals surface area (Å²) in [6.07, 6.45) is 2.79. The predicted molar refractivity (Wildman–Crippen MR) is 75.0 cm³/mol. The van der Waals surface area contributed by atoms with Gasteiger partial charge in [0.2, 0.25) is 0 Å². The van der Waals surface area contributed by atoms with E-state index in [9.17, 15) is 4.79 Å². The molecule has 0 aromatic heterocycles. The lowest BCUT2D eigenvalue weighted by molar-refractivity contribution is -0.123. The molecular weight excluding hydrogens is 254 g/mol. The molecule has 1 saturated carbocycles. The summed E-state index contributed by atoms with van der Waals surface area (Å²) in [5.41, 5.74) is 1.06. The summed E-state index contributed by atoms with van der Waals surface area (Å²) in [4.78, 5) is 11.5. The maximum atomic E-state index is 11.5. The maximum absolute atomic E-state index is 11.5. The van der Waals surface area contributed by atoms with E-state index in [2.05, 4.69) is 10.6 Å². The van der Waals surface area contributed by atoms with Crippen LogP contribution in [0.1, 0.15) is 24.8 Å². The first kappa shape index (κ1) is 14.4. The number of amides is 1. The molecule has 1 fully saturated rings. The van der Waals surface area contributed by atoms with E-state index in [1.54, 1.807) is 0 Å². The molecule has 1 aliphatic rings. The molecule has 1 aromatic rings. The van der Waals surface area contributed by atoms with Gasteiger partial charge in [0.25, 0.3) is 5.91 Å². The van der Waals surface area contributed by atoms with Gasteiger partial charge in [0.1, 0.15) is 5.75 Å². The highest BCUT2D eigenvalue weighted by Crippen LogP contribution is 2.22. The maximum Gasteiger partial charge on any atom is 0.257 e. The van der Waals surface area contributed by atoms with Crippen LogP contribution in [0.3, 0.4) is 0 Å². The zero-order chi connectivity index (χ0) is 14.2. The van der Waals surface area contributed by atoms with Crippen LogP contribution < -0.4 is 15.4 Å². The SMILES string of the molecule is N#CCCNC(=O)COc1ccccc1CNC1CC1. The molecule has 106 valence electrons. The lowest BCUT2D eigenvalue weighted by Gasteiger charge is -2.11. The molecule has 0 spiro atoms. The highest BCUT2D eigenvalue weighted by Gasteiger charge is 2.20. The monoisotopic (exact) mass is 273 g/mol. The van der Waals surface area contributed by atoms with Gasteiger partial charge in [-0.25, -0.2) is 0 Å². The number of nitrogens with one attached hydrogen (secondary N) is 2. The molecule has 0 aliphatic heterocycles. The number of rotatable bonds is 8. The normalized spacial score (nSPS) is 13.6. The van der Waals surface area contributed by atoms with Crippen molar-refractivity contribution in [2.45, 2.75) is 31.8 Å². The molecule has 0 radical (unpaired) electrons. The number of carbonyl (C=O) groups is 1. The molecule has 0 saturated heterocycles. The van der Waals surface area contributed by atoms with Crippen molar-refractivity contribution in [3.05, 3.63) is 29.8 Å². The molecule has 1 aromatic carbocycles. The van der Waals surface area contributed by atoms with E-state index in [1.165, 1.54) is 12.8 Å². The second kappa shape index (κ2) is 7.51. The average Bonchev–Trinajstić information content (AvgIpc) is 3.28. The van der Waals surface area contributed by atoms with Crippen LogP contribution in [0.2, 0.25) is 0 Å². The molecule has 5 nitrogen and oxygen atoms in total. The van der Waals surface area contributed by atoms with Crippen LogP contribution in [0.5, 0.6) is 5.75 Å². The molecule has 0 bridgehead atoms. The predicted octanol–water partition coefficient (Wildman–Crippen LogP) is 1.35. The molecule has 0 heterocycles. The lowest BCUT2D eigenvalue weighted by atomic mass is 10.2. The summed E-state index contributed by atoms with van der Waals surface area (Å²) in [5, 5.41) is 14.5. The number of hydrogen-bond acceptors (Lipinski definition) is 4. The number of ether oxygens (including phenoxy) is 1. The molecule has 0 atom stereocenters. The van der Waals surface area contributed by atoms with E-state index in [4.69, 9.17) is 10.00 Å². The highest BCUT2D eigenvalue weighted by molar-refractivity contribution is 5.77. The standard InChI is InChI=1S/C15H19N3O2/c16-8-3-9-17-15(19)11-20-14-5-2-1-4-12(14)10-18-13-6-7-13/h1-2,4-5,13,18H,3,6-7,9-11H2,(H,17,19). The molecule has 5 heteroatoms. The Morgan fingerprint density at radius 3 is 2.95 bits per heavy atom. The molecule has 20 heavy (non-hydrogen) atoms. The van der Waals surface area contributed by atoms with E-state index >= 15 is 0 Å². The lowest BCUT2D eigenvalue weighted by Crippen LogP contribution is -2.29. The van der Waals surface area contributed by atoms with Crippen LogP contribution in [0.15, 0.2) is 24.3 Å². The van der Waals surface area contributed by atoms with Gasteiger partial charge in [-0.3, -0.25) is 4.79 Å². The Kier molecular flexibility index (Phi) is 5.39. The van der Waals surface area contributed by atoms with Crippen molar-refractivity contribution in [1.29, 1.82) is 5.26 Å². The smallest absolute Gasteiger partial charge is 0.257 e. The van der Waals surface area contributed by atoms with Gasteiger partial charge in [0.15, 0.2) is 6.61 Å². The fraction of sp³-hybridized carbons (Fsp3) is 0.467. The van der Waals surface area contributed by atoms with Crippen molar-refractivity contribution in [3.8, 4) is 11.8 Å². The van der Waals surface area contributed by atoms with E-state index in [1.807, 2.05) is 30.3 Å². The third-order valence-corrected chi connectivity index (χ3v) is 3.05. The minimum atomic E-state index is -0.204. The molecule has 0 unspecified atom stereocenters.